The van der Waals surface area contributed by atoms with Gasteiger partial charge in [0, 0.05) is 24.7 Å². The van der Waals surface area contributed by atoms with Crippen LogP contribution in [0.2, 0.25) is 0 Å². The number of carboxylic acids is 1. The Morgan fingerprint density at radius 2 is 1.94 bits per heavy atom. The normalized spacial score (nSPS) is 25.3. The minimum absolute atomic E-state index is 0.108. The van der Waals surface area contributed by atoms with Crippen molar-refractivity contribution in [3.05, 3.63) is 0 Å². The molecule has 0 spiro atoms. The van der Waals surface area contributed by atoms with Crippen molar-refractivity contribution in [1.29, 1.82) is 0 Å². The van der Waals surface area contributed by atoms with Gasteiger partial charge in [-0.05, 0) is 34.6 Å². The van der Waals surface area contributed by atoms with Crippen molar-refractivity contribution < 1.29 is 14.7 Å². The van der Waals surface area contributed by atoms with Gasteiger partial charge in [0.05, 0.1) is 6.42 Å². The third-order valence-corrected chi connectivity index (χ3v) is 3.69. The first kappa shape index (κ1) is 15.0. The molecule has 1 amide bonds. The van der Waals surface area contributed by atoms with Crippen molar-refractivity contribution >= 4 is 11.9 Å². The van der Waals surface area contributed by atoms with Gasteiger partial charge < -0.3 is 10.0 Å². The molecule has 104 valence electrons. The monoisotopic (exact) mass is 256 g/mol. The van der Waals surface area contributed by atoms with Crippen molar-refractivity contribution in [2.75, 3.05) is 13.6 Å². The Morgan fingerprint density at radius 1 is 1.44 bits per heavy atom. The van der Waals surface area contributed by atoms with Gasteiger partial charge >= 0.3 is 5.97 Å². The number of carboxylic acid groups (broad SMARTS) is 1. The van der Waals surface area contributed by atoms with Gasteiger partial charge in [-0.3, -0.25) is 14.5 Å². The van der Waals surface area contributed by atoms with Gasteiger partial charge in [0.1, 0.15) is 6.04 Å². The average molecular weight is 256 g/mol. The highest BCUT2D eigenvalue weighted by Gasteiger charge is 2.46. The molecule has 1 saturated heterocycles. The lowest BCUT2D eigenvalue weighted by Crippen LogP contribution is -2.68. The predicted octanol–water partition coefficient (Wildman–Crippen LogP) is 1.18. The van der Waals surface area contributed by atoms with Crippen LogP contribution in [0.15, 0.2) is 0 Å². The van der Waals surface area contributed by atoms with E-state index in [9.17, 15) is 9.59 Å². The lowest BCUT2D eigenvalue weighted by Gasteiger charge is -2.53. The molecule has 1 unspecified atom stereocenters. The third kappa shape index (κ3) is 2.83. The molecule has 0 aliphatic carbocycles. The van der Waals surface area contributed by atoms with Gasteiger partial charge in [0.25, 0.3) is 0 Å². The number of hydrogen-bond acceptors (Lipinski definition) is 3. The topological polar surface area (TPSA) is 60.9 Å². The second-order valence-electron chi connectivity index (χ2n) is 6.62. The van der Waals surface area contributed by atoms with Crippen LogP contribution in [0, 0.1) is 0 Å². The van der Waals surface area contributed by atoms with Crippen LogP contribution in [0.4, 0.5) is 0 Å². The summed E-state index contributed by atoms with van der Waals surface area (Å²) in [5.74, 6) is -1.04. The summed E-state index contributed by atoms with van der Waals surface area (Å²) in [6.07, 6.45) is -0.142. The van der Waals surface area contributed by atoms with E-state index in [2.05, 4.69) is 0 Å². The van der Waals surface area contributed by atoms with E-state index in [1.807, 2.05) is 39.5 Å². The summed E-state index contributed by atoms with van der Waals surface area (Å²) in [7, 11) is 1.75. The Bertz CT molecular complexity index is 358. The largest absolute Gasteiger partial charge is 0.481 e. The number of likely N-dealkylation sites (N-methyl/N-ethyl adjacent to an activating group) is 1. The number of nitrogens with zero attached hydrogens (tertiary/aromatic N) is 2. The molecule has 1 heterocycles. The highest BCUT2D eigenvalue weighted by molar-refractivity contribution is 5.87. The van der Waals surface area contributed by atoms with Crippen molar-refractivity contribution in [2.24, 2.45) is 0 Å². The predicted molar refractivity (Wildman–Crippen MR) is 69.3 cm³/mol. The first-order chi connectivity index (χ1) is 7.97. The van der Waals surface area contributed by atoms with Crippen LogP contribution in [0.3, 0.4) is 0 Å². The molecule has 0 bridgehead atoms. The van der Waals surface area contributed by atoms with Crippen LogP contribution >= 0.6 is 0 Å². The molecule has 0 saturated carbocycles. The molecule has 1 fully saturated rings. The standard InChI is InChI=1S/C13H24N2O3/c1-12(2,3)15-8-13(4,5)14(6)11(18)9(15)7-10(16)17/h9H,7-8H2,1-6H3,(H,16,17). The second kappa shape index (κ2) is 4.53. The lowest BCUT2D eigenvalue weighted by molar-refractivity contribution is -0.159. The summed E-state index contributed by atoms with van der Waals surface area (Å²) >= 11 is 0. The minimum Gasteiger partial charge on any atom is -0.481 e. The van der Waals surface area contributed by atoms with E-state index in [-0.39, 0.29) is 23.4 Å². The molecule has 1 aliphatic rings. The molecule has 1 N–H and O–H groups in total. The third-order valence-electron chi connectivity index (χ3n) is 3.69. The van der Waals surface area contributed by atoms with Gasteiger partial charge in [-0.2, -0.15) is 0 Å². The van der Waals surface area contributed by atoms with Crippen molar-refractivity contribution in [2.45, 2.75) is 58.2 Å². The molecule has 0 aromatic heterocycles. The lowest BCUT2D eigenvalue weighted by atomic mass is 9.89. The van der Waals surface area contributed by atoms with E-state index >= 15 is 0 Å². The number of carbonyl (C=O) groups excluding carboxylic acids is 1. The fourth-order valence-corrected chi connectivity index (χ4v) is 2.36. The first-order valence-electron chi connectivity index (χ1n) is 6.23. The fraction of sp³-hybridized carbons (Fsp3) is 0.846. The number of rotatable bonds is 2. The zero-order chi connectivity index (χ0) is 14.3. The van der Waals surface area contributed by atoms with Gasteiger partial charge in [-0.25, -0.2) is 0 Å². The van der Waals surface area contributed by atoms with E-state index in [1.54, 1.807) is 11.9 Å². The van der Waals surface area contributed by atoms with Crippen LogP contribution < -0.4 is 0 Å². The van der Waals surface area contributed by atoms with Crippen molar-refractivity contribution in [1.82, 2.24) is 9.80 Å². The molecule has 1 aliphatic heterocycles. The summed E-state index contributed by atoms with van der Waals surface area (Å²) in [5.41, 5.74) is -0.506. The van der Waals surface area contributed by atoms with Crippen LogP contribution in [-0.4, -0.2) is 57.5 Å². The van der Waals surface area contributed by atoms with Crippen molar-refractivity contribution in [3.63, 3.8) is 0 Å². The maximum absolute atomic E-state index is 12.4. The van der Waals surface area contributed by atoms with E-state index in [0.717, 1.165) is 0 Å². The fourth-order valence-electron chi connectivity index (χ4n) is 2.36. The number of aliphatic carboxylic acids is 1. The number of carbonyl (C=O) groups is 2. The van der Waals surface area contributed by atoms with Crippen molar-refractivity contribution in [3.8, 4) is 0 Å². The zero-order valence-corrected chi connectivity index (χ0v) is 12.1. The Labute approximate surface area is 109 Å². The first-order valence-corrected chi connectivity index (χ1v) is 6.23. The quantitative estimate of drug-likeness (QED) is 0.806. The second-order valence-corrected chi connectivity index (χ2v) is 6.62. The Kier molecular flexibility index (Phi) is 3.77. The Morgan fingerprint density at radius 3 is 2.33 bits per heavy atom. The van der Waals surface area contributed by atoms with E-state index in [4.69, 9.17) is 5.11 Å². The number of amides is 1. The van der Waals surface area contributed by atoms with E-state index < -0.39 is 12.0 Å². The molecule has 0 radical (unpaired) electrons. The van der Waals surface area contributed by atoms with Gasteiger partial charge in [-0.15, -0.1) is 0 Å². The summed E-state index contributed by atoms with van der Waals surface area (Å²) < 4.78 is 0. The van der Waals surface area contributed by atoms with Gasteiger partial charge in [-0.1, -0.05) is 0 Å². The van der Waals surface area contributed by atoms with Crippen LogP contribution in [0.5, 0.6) is 0 Å². The molecule has 0 aromatic carbocycles. The van der Waals surface area contributed by atoms with Gasteiger partial charge in [0.2, 0.25) is 5.91 Å². The SMILES string of the molecule is CN1C(=O)C(CC(=O)O)N(C(C)(C)C)CC1(C)C. The highest BCUT2D eigenvalue weighted by atomic mass is 16.4. The Hall–Kier alpha value is -1.10. The molecule has 5 heteroatoms. The highest BCUT2D eigenvalue weighted by Crippen LogP contribution is 2.30. The van der Waals surface area contributed by atoms with Crippen LogP contribution in [-0.2, 0) is 9.59 Å². The molecule has 5 nitrogen and oxygen atoms in total. The Balaban J connectivity index is 3.10. The minimum atomic E-state index is -0.935. The number of hydrogen-bond donors (Lipinski definition) is 1. The maximum Gasteiger partial charge on any atom is 0.305 e. The van der Waals surface area contributed by atoms with E-state index in [0.29, 0.717) is 6.54 Å². The van der Waals surface area contributed by atoms with Crippen LogP contribution in [0.1, 0.15) is 41.0 Å². The molecular weight excluding hydrogens is 232 g/mol. The molecular formula is C13H24N2O3. The maximum atomic E-state index is 12.4. The molecule has 1 atom stereocenters. The summed E-state index contributed by atoms with van der Waals surface area (Å²) in [5, 5.41) is 8.99. The zero-order valence-electron chi connectivity index (χ0n) is 12.1. The van der Waals surface area contributed by atoms with Gasteiger partial charge in [0.15, 0.2) is 0 Å². The van der Waals surface area contributed by atoms with E-state index in [1.165, 1.54) is 0 Å². The number of piperazine rings is 1. The summed E-state index contributed by atoms with van der Waals surface area (Å²) in [6, 6.07) is -0.569. The summed E-state index contributed by atoms with van der Waals surface area (Å²) in [4.78, 5) is 27.0. The smallest absolute Gasteiger partial charge is 0.305 e. The van der Waals surface area contributed by atoms with Crippen LogP contribution in [0.25, 0.3) is 0 Å². The molecule has 18 heavy (non-hydrogen) atoms. The summed E-state index contributed by atoms with van der Waals surface area (Å²) in [6.45, 7) is 10.7. The molecule has 1 rings (SSSR count). The molecule has 0 aromatic rings. The average Bonchev–Trinajstić information content (AvgIpc) is 2.17.